The third-order valence-corrected chi connectivity index (χ3v) is 6.04. The number of ketones is 1. The van der Waals surface area contributed by atoms with E-state index in [4.69, 9.17) is 14.2 Å². The van der Waals surface area contributed by atoms with Crippen LogP contribution in [-0.4, -0.2) is 48.1 Å². The normalized spacial score (nSPS) is 19.7. The highest BCUT2D eigenvalue weighted by Crippen LogP contribution is 2.48. The van der Waals surface area contributed by atoms with Crippen molar-refractivity contribution in [3.63, 3.8) is 0 Å². The lowest BCUT2D eigenvalue weighted by Gasteiger charge is -2.38. The molecular formula is C21H26N4O4S. The number of nitrogens with zero attached hydrogens (tertiary/aromatic N) is 3. The Hall–Kier alpha value is -2.68. The number of aromatic nitrogens is 3. The average molecular weight is 431 g/mol. The van der Waals surface area contributed by atoms with Crippen LogP contribution in [-0.2, 0) is 4.79 Å². The molecule has 0 fully saturated rings. The molecule has 2 aliphatic rings. The first-order valence-electron chi connectivity index (χ1n) is 9.65. The molecule has 4 rings (SSSR count). The molecule has 0 unspecified atom stereocenters. The Morgan fingerprint density at radius 2 is 1.80 bits per heavy atom. The number of anilines is 1. The molecule has 160 valence electrons. The zero-order chi connectivity index (χ0) is 21.6. The van der Waals surface area contributed by atoms with E-state index in [1.54, 1.807) is 26.0 Å². The van der Waals surface area contributed by atoms with Gasteiger partial charge in [-0.1, -0.05) is 25.6 Å². The van der Waals surface area contributed by atoms with Gasteiger partial charge in [0.1, 0.15) is 6.04 Å². The van der Waals surface area contributed by atoms with E-state index < -0.39 is 6.04 Å². The van der Waals surface area contributed by atoms with Gasteiger partial charge in [0.05, 0.1) is 21.3 Å². The van der Waals surface area contributed by atoms with Crippen molar-refractivity contribution in [1.82, 2.24) is 14.8 Å². The van der Waals surface area contributed by atoms with E-state index >= 15 is 0 Å². The van der Waals surface area contributed by atoms with Crippen molar-refractivity contribution in [2.24, 2.45) is 5.41 Å². The average Bonchev–Trinajstić information content (AvgIpc) is 3.12. The Morgan fingerprint density at radius 1 is 1.13 bits per heavy atom. The lowest BCUT2D eigenvalue weighted by Crippen LogP contribution is -2.36. The van der Waals surface area contributed by atoms with Crippen LogP contribution in [0.5, 0.6) is 17.2 Å². The third kappa shape index (κ3) is 3.30. The number of ether oxygens (including phenoxy) is 3. The monoisotopic (exact) mass is 430 g/mol. The van der Waals surface area contributed by atoms with E-state index in [0.717, 1.165) is 17.7 Å². The molecular weight excluding hydrogens is 404 g/mol. The minimum absolute atomic E-state index is 0.111. The lowest BCUT2D eigenvalue weighted by molar-refractivity contribution is -0.118. The summed E-state index contributed by atoms with van der Waals surface area (Å²) in [5.74, 6) is 2.30. The molecule has 0 spiro atoms. The van der Waals surface area contributed by atoms with Crippen LogP contribution in [0.3, 0.4) is 0 Å². The van der Waals surface area contributed by atoms with E-state index in [1.807, 2.05) is 18.4 Å². The van der Waals surface area contributed by atoms with E-state index in [2.05, 4.69) is 29.2 Å². The maximum atomic E-state index is 13.3. The molecule has 0 saturated heterocycles. The molecule has 30 heavy (non-hydrogen) atoms. The van der Waals surface area contributed by atoms with Crippen LogP contribution in [0, 0.1) is 5.41 Å². The largest absolute Gasteiger partial charge is 0.493 e. The Balaban J connectivity index is 1.95. The first-order chi connectivity index (χ1) is 14.3. The van der Waals surface area contributed by atoms with Crippen molar-refractivity contribution in [2.45, 2.75) is 37.9 Å². The van der Waals surface area contributed by atoms with E-state index in [1.165, 1.54) is 11.8 Å². The molecule has 2 aromatic rings. The number of hydrogen-bond acceptors (Lipinski definition) is 8. The smallest absolute Gasteiger partial charge is 0.227 e. The number of carbonyl (C=O) groups excluding carboxylic acids is 1. The molecule has 0 saturated carbocycles. The molecule has 9 heteroatoms. The fourth-order valence-corrected chi connectivity index (χ4v) is 4.59. The quantitative estimate of drug-likeness (QED) is 0.719. The summed E-state index contributed by atoms with van der Waals surface area (Å²) < 4.78 is 18.3. The summed E-state index contributed by atoms with van der Waals surface area (Å²) in [5, 5.41) is 8.66. The number of Topliss-reactive ketones (excluding diaryl/α,β-unsaturated/α-hetero) is 1. The summed E-state index contributed by atoms with van der Waals surface area (Å²) in [5.41, 5.74) is 2.33. The molecule has 1 aliphatic carbocycles. The van der Waals surface area contributed by atoms with Crippen molar-refractivity contribution in [2.75, 3.05) is 32.9 Å². The Labute approximate surface area is 180 Å². The number of hydrogen-bond donors (Lipinski definition) is 1. The van der Waals surface area contributed by atoms with Gasteiger partial charge in [-0.05, 0) is 35.8 Å². The van der Waals surface area contributed by atoms with Crippen molar-refractivity contribution >= 4 is 23.5 Å². The molecule has 0 radical (unpaired) electrons. The van der Waals surface area contributed by atoms with Gasteiger partial charge in [-0.2, -0.15) is 4.98 Å². The summed E-state index contributed by atoms with van der Waals surface area (Å²) in [6.07, 6.45) is 3.17. The molecule has 1 N–H and O–H groups in total. The number of benzene rings is 1. The third-order valence-electron chi connectivity index (χ3n) is 5.50. The lowest BCUT2D eigenvalue weighted by atomic mass is 9.73. The van der Waals surface area contributed by atoms with Crippen LogP contribution in [0.25, 0.3) is 0 Å². The van der Waals surface area contributed by atoms with Gasteiger partial charge in [-0.15, -0.1) is 5.10 Å². The molecule has 1 aromatic carbocycles. The molecule has 8 nitrogen and oxygen atoms in total. The fourth-order valence-electron chi connectivity index (χ4n) is 4.24. The van der Waals surface area contributed by atoms with Gasteiger partial charge >= 0.3 is 0 Å². The first-order valence-corrected chi connectivity index (χ1v) is 10.9. The maximum Gasteiger partial charge on any atom is 0.227 e. The number of fused-ring (bicyclic) bond motifs is 1. The highest BCUT2D eigenvalue weighted by Gasteiger charge is 2.42. The number of rotatable bonds is 5. The molecule has 0 bridgehead atoms. The second-order valence-corrected chi connectivity index (χ2v) is 8.96. The topological polar surface area (TPSA) is 87.5 Å². The zero-order valence-corrected chi connectivity index (χ0v) is 18.8. The number of allylic oxidation sites excluding steroid dienone is 2. The van der Waals surface area contributed by atoms with Crippen molar-refractivity contribution in [3.8, 4) is 17.2 Å². The molecule has 1 aromatic heterocycles. The summed E-state index contributed by atoms with van der Waals surface area (Å²) in [6.45, 7) is 4.22. The number of thioether (sulfide) groups is 1. The number of methoxy groups -OCH3 is 3. The van der Waals surface area contributed by atoms with Crippen LogP contribution in [0.4, 0.5) is 5.95 Å². The second-order valence-electron chi connectivity index (χ2n) is 8.19. The van der Waals surface area contributed by atoms with Crippen molar-refractivity contribution in [3.05, 3.63) is 29.0 Å². The van der Waals surface area contributed by atoms with Gasteiger partial charge < -0.3 is 19.5 Å². The molecule has 0 amide bonds. The predicted molar refractivity (Wildman–Crippen MR) is 115 cm³/mol. The van der Waals surface area contributed by atoms with Gasteiger partial charge in [0, 0.05) is 17.7 Å². The second kappa shape index (κ2) is 7.54. The van der Waals surface area contributed by atoms with E-state index in [-0.39, 0.29) is 11.2 Å². The highest BCUT2D eigenvalue weighted by molar-refractivity contribution is 7.98. The van der Waals surface area contributed by atoms with Crippen molar-refractivity contribution in [1.29, 1.82) is 0 Å². The Kier molecular flexibility index (Phi) is 5.17. The van der Waals surface area contributed by atoms with Crippen molar-refractivity contribution < 1.29 is 19.0 Å². The fraction of sp³-hybridized carbons (Fsp3) is 0.476. The maximum absolute atomic E-state index is 13.3. The van der Waals surface area contributed by atoms with E-state index in [9.17, 15) is 4.79 Å². The van der Waals surface area contributed by atoms with Gasteiger partial charge in [0.2, 0.25) is 16.9 Å². The van der Waals surface area contributed by atoms with Crippen LogP contribution < -0.4 is 19.5 Å². The summed E-state index contributed by atoms with van der Waals surface area (Å²) in [6, 6.07) is 3.32. The van der Waals surface area contributed by atoms with Crippen LogP contribution >= 0.6 is 11.8 Å². The molecule has 1 aliphatic heterocycles. The molecule has 2 heterocycles. The number of carbonyl (C=O) groups is 1. The summed E-state index contributed by atoms with van der Waals surface area (Å²) in [4.78, 5) is 17.9. The van der Waals surface area contributed by atoms with E-state index in [0.29, 0.717) is 40.3 Å². The zero-order valence-electron chi connectivity index (χ0n) is 18.0. The summed E-state index contributed by atoms with van der Waals surface area (Å²) >= 11 is 1.46. The van der Waals surface area contributed by atoms with Crippen LogP contribution in [0.1, 0.15) is 38.3 Å². The van der Waals surface area contributed by atoms with Gasteiger partial charge in [0.15, 0.2) is 17.3 Å². The van der Waals surface area contributed by atoms with Crippen LogP contribution in [0.2, 0.25) is 0 Å². The minimum atomic E-state index is -0.429. The number of nitrogens with one attached hydrogen (secondary N) is 1. The minimum Gasteiger partial charge on any atom is -0.493 e. The standard InChI is InChI=1S/C21H26N4O4S/c1-21(2)9-12-16(13(26)10-21)17(25-19(22-12)23-20(24-25)30-6)11-7-14(27-3)18(29-5)15(8-11)28-4/h7-8,17H,9-10H2,1-6H3,(H,22,23,24)/t17-/m1/s1. The Morgan fingerprint density at radius 3 is 2.37 bits per heavy atom. The Bertz CT molecular complexity index is 1020. The van der Waals surface area contributed by atoms with Gasteiger partial charge in [-0.3, -0.25) is 4.79 Å². The predicted octanol–water partition coefficient (Wildman–Crippen LogP) is 3.68. The molecule has 1 atom stereocenters. The first kappa shape index (κ1) is 20.6. The SMILES string of the molecule is COc1cc([C@@H]2C3=C(CC(C)(C)CC3=O)Nc3nc(SC)nn32)cc(OC)c1OC. The summed E-state index contributed by atoms with van der Waals surface area (Å²) in [7, 11) is 4.72. The van der Waals surface area contributed by atoms with Crippen LogP contribution in [0.15, 0.2) is 28.6 Å². The highest BCUT2D eigenvalue weighted by atomic mass is 32.2. The van der Waals surface area contributed by atoms with Gasteiger partial charge in [0.25, 0.3) is 0 Å². The van der Waals surface area contributed by atoms with Gasteiger partial charge in [-0.25, -0.2) is 4.68 Å².